The number of hydrogen-bond donors (Lipinski definition) is 2. The number of nitrogens with one attached hydrogen (secondary N) is 2. The van der Waals surface area contributed by atoms with Crippen molar-refractivity contribution in [3.05, 3.63) is 29.3 Å². The highest BCUT2D eigenvalue weighted by atomic mass is 16.2. The third kappa shape index (κ3) is 6.15. The highest BCUT2D eigenvalue weighted by Gasteiger charge is 2.28. The van der Waals surface area contributed by atoms with Crippen LogP contribution in [0.2, 0.25) is 0 Å². The number of benzene rings is 1. The van der Waals surface area contributed by atoms with Gasteiger partial charge in [0.25, 0.3) is 0 Å². The molecule has 0 spiro atoms. The fraction of sp³-hybridized carbons (Fsp3) is 0.636. The van der Waals surface area contributed by atoms with Crippen molar-refractivity contribution < 1.29 is 9.59 Å². The first-order chi connectivity index (χ1) is 12.2. The van der Waals surface area contributed by atoms with Crippen LogP contribution in [0.1, 0.15) is 64.0 Å². The van der Waals surface area contributed by atoms with Crippen molar-refractivity contribution in [2.24, 2.45) is 17.8 Å². The van der Waals surface area contributed by atoms with Gasteiger partial charge >= 0.3 is 0 Å². The van der Waals surface area contributed by atoms with Crippen LogP contribution >= 0.6 is 0 Å². The van der Waals surface area contributed by atoms with Crippen molar-refractivity contribution in [3.8, 4) is 0 Å². The smallest absolute Gasteiger partial charge is 0.246 e. The summed E-state index contributed by atoms with van der Waals surface area (Å²) in [7, 11) is 0. The standard InChI is InChI=1S/C22H34N2O2/c1-14(2)10-20(24-21(25)18-8-6-15(3)7-9-18)22(26)23-19-12-16(4)11-17(5)13-19/h11-15,18,20H,6-10H2,1-5H3,(H,23,26)(H,24,25)/t15?,18?,20-/m1/s1. The molecule has 26 heavy (non-hydrogen) atoms. The van der Waals surface area contributed by atoms with E-state index in [4.69, 9.17) is 0 Å². The van der Waals surface area contributed by atoms with Gasteiger partial charge in [0.1, 0.15) is 6.04 Å². The SMILES string of the molecule is Cc1cc(C)cc(NC(=O)[C@@H](CC(C)C)NC(=O)C2CCC(C)CC2)c1. The van der Waals surface area contributed by atoms with Crippen LogP contribution in [-0.2, 0) is 9.59 Å². The molecule has 0 saturated heterocycles. The van der Waals surface area contributed by atoms with E-state index in [2.05, 4.69) is 37.5 Å². The van der Waals surface area contributed by atoms with Gasteiger partial charge in [-0.25, -0.2) is 0 Å². The summed E-state index contributed by atoms with van der Waals surface area (Å²) in [6.07, 6.45) is 4.70. The van der Waals surface area contributed by atoms with E-state index < -0.39 is 6.04 Å². The molecule has 2 rings (SSSR count). The van der Waals surface area contributed by atoms with Gasteiger partial charge in [-0.05, 0) is 81.0 Å². The molecule has 1 aliphatic carbocycles. The van der Waals surface area contributed by atoms with Gasteiger partial charge in [-0.1, -0.05) is 26.8 Å². The van der Waals surface area contributed by atoms with Crippen LogP contribution in [0.15, 0.2) is 18.2 Å². The second-order valence-corrected chi connectivity index (χ2v) is 8.51. The van der Waals surface area contributed by atoms with Crippen molar-refractivity contribution in [3.63, 3.8) is 0 Å². The van der Waals surface area contributed by atoms with E-state index in [1.54, 1.807) is 0 Å². The maximum absolute atomic E-state index is 12.8. The second kappa shape index (κ2) is 9.20. The van der Waals surface area contributed by atoms with Crippen molar-refractivity contribution in [1.82, 2.24) is 5.32 Å². The second-order valence-electron chi connectivity index (χ2n) is 8.51. The minimum atomic E-state index is -0.484. The minimum absolute atomic E-state index is 0.0399. The van der Waals surface area contributed by atoms with E-state index >= 15 is 0 Å². The Morgan fingerprint density at radius 2 is 1.62 bits per heavy atom. The fourth-order valence-corrected chi connectivity index (χ4v) is 3.79. The van der Waals surface area contributed by atoms with E-state index in [-0.39, 0.29) is 17.7 Å². The Morgan fingerprint density at radius 3 is 2.15 bits per heavy atom. The average molecular weight is 359 g/mol. The van der Waals surface area contributed by atoms with E-state index in [0.29, 0.717) is 18.3 Å². The van der Waals surface area contributed by atoms with Crippen LogP contribution < -0.4 is 10.6 Å². The predicted octanol–water partition coefficient (Wildman–Crippen LogP) is 4.60. The van der Waals surface area contributed by atoms with E-state index in [1.165, 1.54) is 0 Å². The number of rotatable bonds is 6. The zero-order valence-electron chi connectivity index (χ0n) is 16.9. The zero-order chi connectivity index (χ0) is 19.3. The average Bonchev–Trinajstić information content (AvgIpc) is 2.53. The first kappa shape index (κ1) is 20.5. The zero-order valence-corrected chi connectivity index (χ0v) is 16.9. The topological polar surface area (TPSA) is 58.2 Å². The van der Waals surface area contributed by atoms with Gasteiger partial charge in [-0.15, -0.1) is 0 Å². The first-order valence-electron chi connectivity index (χ1n) is 9.94. The Labute approximate surface area is 158 Å². The molecule has 1 aromatic carbocycles. The van der Waals surface area contributed by atoms with Gasteiger partial charge in [-0.2, -0.15) is 0 Å². The summed E-state index contributed by atoms with van der Waals surface area (Å²) >= 11 is 0. The summed E-state index contributed by atoms with van der Waals surface area (Å²) in [5, 5.41) is 6.02. The van der Waals surface area contributed by atoms with E-state index in [9.17, 15) is 9.59 Å². The van der Waals surface area contributed by atoms with Crippen LogP contribution in [0.3, 0.4) is 0 Å². The molecule has 2 amide bonds. The number of carbonyl (C=O) groups excluding carboxylic acids is 2. The molecule has 0 aromatic heterocycles. The van der Waals surface area contributed by atoms with Gasteiger partial charge in [0.05, 0.1) is 0 Å². The van der Waals surface area contributed by atoms with Gasteiger partial charge in [0.2, 0.25) is 11.8 Å². The third-order valence-corrected chi connectivity index (χ3v) is 5.22. The van der Waals surface area contributed by atoms with Gasteiger partial charge in [0, 0.05) is 11.6 Å². The monoisotopic (exact) mass is 358 g/mol. The molecule has 4 heteroatoms. The third-order valence-electron chi connectivity index (χ3n) is 5.22. The summed E-state index contributed by atoms with van der Waals surface area (Å²) in [4.78, 5) is 25.5. The molecule has 2 N–H and O–H groups in total. The molecule has 0 bridgehead atoms. The molecule has 0 aliphatic heterocycles. The Hall–Kier alpha value is -1.84. The Bertz CT molecular complexity index is 611. The van der Waals surface area contributed by atoms with Crippen molar-refractivity contribution in [1.29, 1.82) is 0 Å². The van der Waals surface area contributed by atoms with Crippen molar-refractivity contribution >= 4 is 17.5 Å². The molecule has 144 valence electrons. The molecule has 0 unspecified atom stereocenters. The number of aryl methyl sites for hydroxylation is 2. The molecular weight excluding hydrogens is 324 g/mol. The number of hydrogen-bond acceptors (Lipinski definition) is 2. The molecule has 1 saturated carbocycles. The first-order valence-corrected chi connectivity index (χ1v) is 9.94. The van der Waals surface area contributed by atoms with E-state index in [0.717, 1.165) is 42.5 Å². The van der Waals surface area contributed by atoms with Crippen LogP contribution in [0.4, 0.5) is 5.69 Å². The molecular formula is C22H34N2O2. The summed E-state index contributed by atoms with van der Waals surface area (Å²) in [6, 6.07) is 5.51. The predicted molar refractivity (Wildman–Crippen MR) is 107 cm³/mol. The van der Waals surface area contributed by atoms with E-state index in [1.807, 2.05) is 26.0 Å². The highest BCUT2D eigenvalue weighted by Crippen LogP contribution is 2.28. The lowest BCUT2D eigenvalue weighted by atomic mass is 9.82. The van der Waals surface area contributed by atoms with Crippen LogP contribution in [0.25, 0.3) is 0 Å². The summed E-state index contributed by atoms with van der Waals surface area (Å²) < 4.78 is 0. The molecule has 1 atom stereocenters. The molecule has 0 radical (unpaired) electrons. The fourth-order valence-electron chi connectivity index (χ4n) is 3.79. The van der Waals surface area contributed by atoms with Crippen molar-refractivity contribution in [2.75, 3.05) is 5.32 Å². The summed E-state index contributed by atoms with van der Waals surface area (Å²) in [6.45, 7) is 10.4. The normalized spacial score (nSPS) is 21.3. The molecule has 0 heterocycles. The maximum atomic E-state index is 12.8. The number of carbonyl (C=O) groups is 2. The minimum Gasteiger partial charge on any atom is -0.344 e. The molecule has 1 aliphatic rings. The number of anilines is 1. The van der Waals surface area contributed by atoms with Crippen LogP contribution in [-0.4, -0.2) is 17.9 Å². The molecule has 1 fully saturated rings. The van der Waals surface area contributed by atoms with Gasteiger partial charge in [0.15, 0.2) is 0 Å². The number of amides is 2. The summed E-state index contributed by atoms with van der Waals surface area (Å²) in [5.41, 5.74) is 3.02. The Balaban J connectivity index is 2.03. The lowest BCUT2D eigenvalue weighted by molar-refractivity contribution is -0.130. The summed E-state index contributed by atoms with van der Waals surface area (Å²) in [5.74, 6) is 1.00. The van der Waals surface area contributed by atoms with Crippen molar-refractivity contribution in [2.45, 2.75) is 72.8 Å². The molecule has 1 aromatic rings. The lowest BCUT2D eigenvalue weighted by Gasteiger charge is -2.28. The Morgan fingerprint density at radius 1 is 1.04 bits per heavy atom. The highest BCUT2D eigenvalue weighted by molar-refractivity contribution is 5.97. The quantitative estimate of drug-likeness (QED) is 0.781. The lowest BCUT2D eigenvalue weighted by Crippen LogP contribution is -2.47. The Kier molecular flexibility index (Phi) is 7.24. The largest absolute Gasteiger partial charge is 0.344 e. The molecule has 4 nitrogen and oxygen atoms in total. The van der Waals surface area contributed by atoms with Crippen LogP contribution in [0, 0.1) is 31.6 Å². The van der Waals surface area contributed by atoms with Gasteiger partial charge < -0.3 is 10.6 Å². The van der Waals surface area contributed by atoms with Crippen LogP contribution in [0.5, 0.6) is 0 Å². The van der Waals surface area contributed by atoms with Gasteiger partial charge in [-0.3, -0.25) is 9.59 Å². The maximum Gasteiger partial charge on any atom is 0.246 e.